The van der Waals surface area contributed by atoms with Crippen LogP contribution in [-0.2, 0) is 9.53 Å². The fraction of sp³-hybridized carbons (Fsp3) is 0.833. The summed E-state index contributed by atoms with van der Waals surface area (Å²) in [5, 5.41) is 0. The summed E-state index contributed by atoms with van der Waals surface area (Å²) in [6.45, 7) is 8.67. The molecule has 0 bridgehead atoms. The Hall–Kier alpha value is -0.100. The molecule has 0 amide bonds. The normalized spacial score (nSPS) is 12.8. The van der Waals surface area contributed by atoms with E-state index in [-0.39, 0.29) is 0 Å². The van der Waals surface area contributed by atoms with E-state index in [1.165, 1.54) is 6.47 Å². The Morgan fingerprint density at radius 2 is 2.00 bits per heavy atom. The molecule has 0 spiro atoms. The maximum absolute atomic E-state index is 9.56. The zero-order valence-corrected chi connectivity index (χ0v) is 7.23. The average molecular weight is 149 g/mol. The van der Waals surface area contributed by atoms with Gasteiger partial charge in [-0.2, -0.15) is 0 Å². The van der Waals surface area contributed by atoms with E-state index in [0.717, 1.165) is 6.16 Å². The molecular weight excluding hydrogens is 135 g/mol. The van der Waals surface area contributed by atoms with Gasteiger partial charge in [0.15, 0.2) is 0 Å². The molecule has 2 nitrogen and oxygen atoms in total. The number of hydrogen-bond acceptors (Lipinski definition) is 2. The van der Waals surface area contributed by atoms with E-state index in [2.05, 4.69) is 24.7 Å². The van der Waals surface area contributed by atoms with Gasteiger partial charge in [0.25, 0.3) is 0 Å². The summed E-state index contributed by atoms with van der Waals surface area (Å²) in [4.78, 5) is 9.56. The van der Waals surface area contributed by atoms with Gasteiger partial charge in [-0.1, -0.05) is 0 Å². The van der Waals surface area contributed by atoms with Gasteiger partial charge in [-0.3, -0.25) is 0 Å². The number of hydrogen-bond donors (Lipinski definition) is 0. The molecule has 0 atom stereocenters. The predicted octanol–water partition coefficient (Wildman–Crippen LogP) is 0.709. The standard InChI is InChI=1S/C6H14O2P/c1-9(2,3)5-4-8-6-7/h9H,4-5H2,1-3H3. The summed E-state index contributed by atoms with van der Waals surface area (Å²) in [6, 6.07) is 0. The Bertz CT molecular complexity index is 85.5. The van der Waals surface area contributed by atoms with Gasteiger partial charge >= 0.3 is 56.0 Å². The van der Waals surface area contributed by atoms with Gasteiger partial charge in [0.1, 0.15) is 0 Å². The molecule has 0 aliphatic heterocycles. The van der Waals surface area contributed by atoms with Crippen molar-refractivity contribution in [2.24, 2.45) is 0 Å². The molecule has 55 valence electrons. The summed E-state index contributed by atoms with van der Waals surface area (Å²) < 4.78 is 4.44. The van der Waals surface area contributed by atoms with Gasteiger partial charge in [0, 0.05) is 0 Å². The van der Waals surface area contributed by atoms with E-state index in [0.29, 0.717) is 6.61 Å². The molecule has 0 fully saturated rings. The van der Waals surface area contributed by atoms with Crippen molar-refractivity contribution < 1.29 is 9.53 Å². The van der Waals surface area contributed by atoms with Gasteiger partial charge in [0.2, 0.25) is 0 Å². The van der Waals surface area contributed by atoms with E-state index in [1.54, 1.807) is 0 Å². The molecule has 0 rings (SSSR count). The molecule has 0 aliphatic carbocycles. The first-order chi connectivity index (χ1) is 4.06. The summed E-state index contributed by atoms with van der Waals surface area (Å²) in [6.07, 6.45) is 1.03. The van der Waals surface area contributed by atoms with Gasteiger partial charge in [-0.15, -0.1) is 0 Å². The van der Waals surface area contributed by atoms with Crippen molar-refractivity contribution >= 4 is 13.7 Å². The van der Waals surface area contributed by atoms with Crippen molar-refractivity contribution in [3.05, 3.63) is 0 Å². The Balaban J connectivity index is 3.17. The fourth-order valence-electron chi connectivity index (χ4n) is 0.399. The molecule has 0 saturated heterocycles. The summed E-state index contributed by atoms with van der Waals surface area (Å²) >= 11 is 0. The SMILES string of the molecule is C[PH](C)(C)CCO[C]=O. The summed E-state index contributed by atoms with van der Waals surface area (Å²) in [5.41, 5.74) is 0. The van der Waals surface area contributed by atoms with Gasteiger partial charge in [-0.05, 0) is 0 Å². The second kappa shape index (κ2) is 3.84. The molecule has 0 N–H and O–H groups in total. The minimum absolute atomic E-state index is 0.541. The molecule has 0 aromatic rings. The van der Waals surface area contributed by atoms with Crippen LogP contribution >= 0.6 is 7.26 Å². The van der Waals surface area contributed by atoms with E-state index in [1.807, 2.05) is 0 Å². The third-order valence-corrected chi connectivity index (χ3v) is 2.72. The molecule has 0 aliphatic rings. The molecular formula is C6H14O2P. The van der Waals surface area contributed by atoms with E-state index in [4.69, 9.17) is 0 Å². The van der Waals surface area contributed by atoms with Crippen molar-refractivity contribution in [2.75, 3.05) is 32.8 Å². The maximum atomic E-state index is 9.56. The second-order valence-corrected chi connectivity index (χ2v) is 8.86. The first-order valence-corrected chi connectivity index (χ1v) is 6.76. The van der Waals surface area contributed by atoms with Gasteiger partial charge in [-0.25, -0.2) is 0 Å². The summed E-state index contributed by atoms with van der Waals surface area (Å²) in [7, 11) is -0.998. The van der Waals surface area contributed by atoms with Crippen LogP contribution < -0.4 is 0 Å². The van der Waals surface area contributed by atoms with Gasteiger partial charge in [0.05, 0.1) is 0 Å². The van der Waals surface area contributed by atoms with Crippen LogP contribution in [0.25, 0.3) is 0 Å². The van der Waals surface area contributed by atoms with Crippen molar-refractivity contribution in [3.63, 3.8) is 0 Å². The Kier molecular flexibility index (Phi) is 3.79. The Morgan fingerprint density at radius 3 is 2.33 bits per heavy atom. The first-order valence-electron chi connectivity index (χ1n) is 3.05. The van der Waals surface area contributed by atoms with Crippen LogP contribution in [-0.4, -0.2) is 39.2 Å². The van der Waals surface area contributed by atoms with E-state index in [9.17, 15) is 4.79 Å². The van der Waals surface area contributed by atoms with Crippen molar-refractivity contribution in [3.8, 4) is 0 Å². The van der Waals surface area contributed by atoms with Gasteiger partial charge < -0.3 is 0 Å². The fourth-order valence-corrected chi connectivity index (χ4v) is 1.11. The summed E-state index contributed by atoms with van der Waals surface area (Å²) in [5.74, 6) is 0. The molecule has 0 saturated carbocycles. The predicted molar refractivity (Wildman–Crippen MR) is 42.6 cm³/mol. The first kappa shape index (κ1) is 8.90. The number of rotatable bonds is 4. The van der Waals surface area contributed by atoms with Crippen LogP contribution in [0.2, 0.25) is 0 Å². The van der Waals surface area contributed by atoms with Crippen LogP contribution in [0.5, 0.6) is 0 Å². The molecule has 0 aromatic heterocycles. The van der Waals surface area contributed by atoms with Crippen molar-refractivity contribution in [1.29, 1.82) is 0 Å². The third-order valence-electron chi connectivity index (χ3n) is 1.01. The average Bonchev–Trinajstić information content (AvgIpc) is 1.63. The molecule has 3 heteroatoms. The number of ether oxygens (including phenoxy) is 1. The number of carbonyl (C=O) groups excluding carboxylic acids is 1. The zero-order valence-electron chi connectivity index (χ0n) is 6.23. The monoisotopic (exact) mass is 149 g/mol. The zero-order chi connectivity index (χ0) is 7.33. The molecule has 1 radical (unpaired) electrons. The Labute approximate surface area is 56.9 Å². The molecule has 9 heavy (non-hydrogen) atoms. The quantitative estimate of drug-likeness (QED) is 0.434. The van der Waals surface area contributed by atoms with Crippen LogP contribution in [0.4, 0.5) is 0 Å². The molecule has 0 unspecified atom stereocenters. The van der Waals surface area contributed by atoms with Crippen molar-refractivity contribution in [1.82, 2.24) is 0 Å². The Morgan fingerprint density at radius 1 is 1.44 bits per heavy atom. The third kappa shape index (κ3) is 7.90. The van der Waals surface area contributed by atoms with E-state index < -0.39 is 7.26 Å². The van der Waals surface area contributed by atoms with Crippen LogP contribution in [0, 0.1) is 0 Å². The minimum atomic E-state index is -0.998. The van der Waals surface area contributed by atoms with Crippen molar-refractivity contribution in [2.45, 2.75) is 0 Å². The second-order valence-electron chi connectivity index (χ2n) is 3.24. The van der Waals surface area contributed by atoms with Crippen LogP contribution in [0.3, 0.4) is 0 Å². The van der Waals surface area contributed by atoms with E-state index >= 15 is 0 Å². The van der Waals surface area contributed by atoms with Crippen LogP contribution in [0.15, 0.2) is 0 Å². The molecule has 0 heterocycles. The van der Waals surface area contributed by atoms with Crippen LogP contribution in [0.1, 0.15) is 0 Å². The molecule has 0 aromatic carbocycles. The topological polar surface area (TPSA) is 26.3 Å².